The third-order valence-electron chi connectivity index (χ3n) is 8.30. The number of aromatic nitrogens is 1. The molecule has 0 bridgehead atoms. The summed E-state index contributed by atoms with van der Waals surface area (Å²) < 4.78 is 46.5. The van der Waals surface area contributed by atoms with E-state index >= 15 is 0 Å². The Balaban J connectivity index is 0.00000114. The number of hydrogen-bond donors (Lipinski definition) is 1. The van der Waals surface area contributed by atoms with Crippen molar-refractivity contribution in [3.63, 3.8) is 0 Å². The van der Waals surface area contributed by atoms with E-state index in [-0.39, 0.29) is 35.1 Å². The lowest BCUT2D eigenvalue weighted by atomic mass is 9.87. The fraction of sp³-hybridized carbons (Fsp3) is 0.581. The lowest BCUT2D eigenvalue weighted by Crippen LogP contribution is -2.39. The molecule has 2 saturated heterocycles. The van der Waals surface area contributed by atoms with Crippen molar-refractivity contribution in [2.45, 2.75) is 83.0 Å². The fourth-order valence-electron chi connectivity index (χ4n) is 5.93. The number of piperidine rings is 1. The summed E-state index contributed by atoms with van der Waals surface area (Å²) in [6.07, 6.45) is 1.43. The van der Waals surface area contributed by atoms with Gasteiger partial charge in [0.15, 0.2) is 0 Å². The Morgan fingerprint density at radius 3 is 2.33 bits per heavy atom. The number of anilines is 1. The van der Waals surface area contributed by atoms with E-state index in [1.165, 1.54) is 19.2 Å². The van der Waals surface area contributed by atoms with Crippen LogP contribution in [0, 0.1) is 5.92 Å². The van der Waals surface area contributed by atoms with Gasteiger partial charge in [-0.2, -0.15) is 13.2 Å². The molecule has 2 aromatic rings. The first-order valence-electron chi connectivity index (χ1n) is 14.6. The zero-order valence-electron chi connectivity index (χ0n) is 24.8. The van der Waals surface area contributed by atoms with Crippen molar-refractivity contribution in [2.24, 2.45) is 5.92 Å². The first kappa shape index (κ1) is 33.5. The molecule has 1 aromatic carbocycles. The normalized spacial score (nSPS) is 20.0. The van der Waals surface area contributed by atoms with Gasteiger partial charge in [0.05, 0.1) is 18.6 Å². The Morgan fingerprint density at radius 2 is 1.79 bits per heavy atom. The smallest absolute Gasteiger partial charge is 0.395 e. The minimum absolute atomic E-state index is 0.0673. The van der Waals surface area contributed by atoms with Gasteiger partial charge in [-0.25, -0.2) is 4.98 Å². The number of alkyl halides is 3. The van der Waals surface area contributed by atoms with Gasteiger partial charge in [-0.1, -0.05) is 36.6 Å². The summed E-state index contributed by atoms with van der Waals surface area (Å²) in [5.41, 5.74) is 0.686. The van der Waals surface area contributed by atoms with Gasteiger partial charge in [-0.05, 0) is 81.7 Å². The summed E-state index contributed by atoms with van der Waals surface area (Å²) >= 11 is 6.47. The highest BCUT2D eigenvalue weighted by atomic mass is 35.5. The molecule has 1 N–H and O–H groups in total. The van der Waals surface area contributed by atoms with Gasteiger partial charge >= 0.3 is 6.18 Å². The van der Waals surface area contributed by atoms with E-state index in [4.69, 9.17) is 21.1 Å². The number of carbonyl (C=O) groups excluding carboxylic acids is 2. The standard InChI is InChI=1S/C29H37ClF3N3O2.C2H5NO/c1-19-10-11-20(2)36(19)28(37)24-12-13-26(34-27(24)30)35-16-14-21(15-17-35)6-4-9-25(29(31,32)33)22-7-5-8-23(18-22)38-3;1-3-2-4/h5,7-8,12-13,18-21,25H,4,6,9-11,14-17H2,1-3H3;2H,1H3,(H,3,4). The molecule has 0 aliphatic carbocycles. The van der Waals surface area contributed by atoms with Crippen molar-refractivity contribution < 1.29 is 27.5 Å². The van der Waals surface area contributed by atoms with Gasteiger partial charge in [0, 0.05) is 32.2 Å². The second-order valence-electron chi connectivity index (χ2n) is 11.1. The SMILES string of the molecule is CNC=O.COc1cccc(C(CCCC2CCN(c3ccc(C(=O)N4C(C)CCC4C)c(Cl)n3)CC2)C(F)(F)F)c1. The Bertz CT molecular complexity index is 1160. The first-order valence-corrected chi connectivity index (χ1v) is 14.9. The van der Waals surface area contributed by atoms with Crippen molar-refractivity contribution in [2.75, 3.05) is 32.1 Å². The number of methoxy groups -OCH3 is 1. The lowest BCUT2D eigenvalue weighted by molar-refractivity contribution is -0.152. The minimum Gasteiger partial charge on any atom is -0.497 e. The number of hydrogen-bond acceptors (Lipinski definition) is 5. The number of likely N-dealkylation sites (tertiary alicyclic amines) is 1. The average molecular weight is 611 g/mol. The number of pyridine rings is 1. The van der Waals surface area contributed by atoms with Crippen LogP contribution in [0.1, 0.15) is 80.6 Å². The molecule has 232 valence electrons. The van der Waals surface area contributed by atoms with E-state index in [2.05, 4.69) is 29.0 Å². The summed E-state index contributed by atoms with van der Waals surface area (Å²) in [5.74, 6) is -0.00821. The second-order valence-corrected chi connectivity index (χ2v) is 11.5. The minimum atomic E-state index is -4.29. The predicted molar refractivity (Wildman–Crippen MR) is 159 cm³/mol. The molecule has 3 heterocycles. The van der Waals surface area contributed by atoms with Crippen molar-refractivity contribution in [1.82, 2.24) is 15.2 Å². The van der Waals surface area contributed by atoms with Crippen LogP contribution in [0.5, 0.6) is 5.75 Å². The molecule has 11 heteroatoms. The predicted octanol–water partition coefficient (Wildman–Crippen LogP) is 6.85. The van der Waals surface area contributed by atoms with Crippen LogP contribution in [-0.4, -0.2) is 67.7 Å². The molecule has 3 atom stereocenters. The lowest BCUT2D eigenvalue weighted by Gasteiger charge is -2.33. The largest absolute Gasteiger partial charge is 0.497 e. The third-order valence-corrected chi connectivity index (χ3v) is 8.59. The fourth-order valence-corrected chi connectivity index (χ4v) is 6.16. The maximum absolute atomic E-state index is 13.8. The van der Waals surface area contributed by atoms with Crippen molar-refractivity contribution in [3.05, 3.63) is 52.7 Å². The first-order chi connectivity index (χ1) is 20.0. The van der Waals surface area contributed by atoms with E-state index in [1.54, 1.807) is 25.2 Å². The number of halogens is 4. The maximum atomic E-state index is 13.8. The summed E-state index contributed by atoms with van der Waals surface area (Å²) in [6, 6.07) is 10.3. The molecule has 0 radical (unpaired) electrons. The molecule has 42 heavy (non-hydrogen) atoms. The van der Waals surface area contributed by atoms with E-state index in [0.717, 1.165) is 51.0 Å². The monoisotopic (exact) mass is 610 g/mol. The van der Waals surface area contributed by atoms with Crippen molar-refractivity contribution in [3.8, 4) is 5.75 Å². The molecule has 1 aromatic heterocycles. The maximum Gasteiger partial charge on any atom is 0.395 e. The molecule has 0 spiro atoms. The number of ether oxygens (including phenoxy) is 1. The van der Waals surface area contributed by atoms with E-state index in [9.17, 15) is 18.0 Å². The van der Waals surface area contributed by atoms with E-state index in [0.29, 0.717) is 30.1 Å². The zero-order chi connectivity index (χ0) is 30.9. The van der Waals surface area contributed by atoms with Gasteiger partial charge in [0.2, 0.25) is 6.41 Å². The highest BCUT2D eigenvalue weighted by Gasteiger charge is 2.40. The Morgan fingerprint density at radius 1 is 1.14 bits per heavy atom. The molecule has 3 unspecified atom stereocenters. The summed E-state index contributed by atoms with van der Waals surface area (Å²) in [4.78, 5) is 30.7. The molecular weight excluding hydrogens is 569 g/mol. The molecule has 2 aliphatic heterocycles. The van der Waals surface area contributed by atoms with Crippen molar-refractivity contribution in [1.29, 1.82) is 0 Å². The number of carbonyl (C=O) groups is 2. The number of rotatable bonds is 9. The Kier molecular flexibility index (Phi) is 12.3. The van der Waals surface area contributed by atoms with Crippen LogP contribution >= 0.6 is 11.6 Å². The highest BCUT2D eigenvalue weighted by molar-refractivity contribution is 6.32. The van der Waals surface area contributed by atoms with Crippen molar-refractivity contribution >= 4 is 29.7 Å². The van der Waals surface area contributed by atoms with Crippen LogP contribution in [0.2, 0.25) is 5.15 Å². The van der Waals surface area contributed by atoms with Gasteiger partial charge in [-0.15, -0.1) is 0 Å². The van der Waals surface area contributed by atoms with Crippen LogP contribution in [0.15, 0.2) is 36.4 Å². The van der Waals surface area contributed by atoms with Crippen LogP contribution in [0.3, 0.4) is 0 Å². The molecule has 7 nitrogen and oxygen atoms in total. The molecule has 2 fully saturated rings. The topological polar surface area (TPSA) is 74.8 Å². The number of amides is 2. The quantitative estimate of drug-likeness (QED) is 0.248. The van der Waals surface area contributed by atoms with Crippen LogP contribution in [0.25, 0.3) is 0 Å². The van der Waals surface area contributed by atoms with E-state index in [1.807, 2.05) is 11.0 Å². The molecular formula is C31H42ClF3N4O3. The molecule has 0 saturated carbocycles. The van der Waals surface area contributed by atoms with Crippen LogP contribution in [0.4, 0.5) is 19.0 Å². The summed E-state index contributed by atoms with van der Waals surface area (Å²) in [5, 5.41) is 2.47. The second kappa shape index (κ2) is 15.5. The number of nitrogens with one attached hydrogen (secondary N) is 1. The van der Waals surface area contributed by atoms with Gasteiger partial charge in [0.25, 0.3) is 5.91 Å². The third kappa shape index (κ3) is 8.75. The summed E-state index contributed by atoms with van der Waals surface area (Å²) in [7, 11) is 3.02. The Hall–Kier alpha value is -3.01. The Labute approximate surface area is 251 Å². The van der Waals surface area contributed by atoms with Crippen LogP contribution in [-0.2, 0) is 4.79 Å². The zero-order valence-corrected chi connectivity index (χ0v) is 25.5. The number of benzene rings is 1. The van der Waals surface area contributed by atoms with Gasteiger partial charge in [0.1, 0.15) is 16.7 Å². The molecule has 2 amide bonds. The highest BCUT2D eigenvalue weighted by Crippen LogP contribution is 2.40. The molecule has 4 rings (SSSR count). The average Bonchev–Trinajstić information content (AvgIpc) is 3.32. The summed E-state index contributed by atoms with van der Waals surface area (Å²) in [6.45, 7) is 5.65. The molecule has 2 aliphatic rings. The van der Waals surface area contributed by atoms with E-state index < -0.39 is 12.1 Å². The van der Waals surface area contributed by atoms with Crippen LogP contribution < -0.4 is 15.0 Å². The van der Waals surface area contributed by atoms with Gasteiger partial charge < -0.3 is 19.9 Å². The number of nitrogens with zero attached hydrogens (tertiary/aromatic N) is 3. The van der Waals surface area contributed by atoms with Gasteiger partial charge in [-0.3, -0.25) is 9.59 Å².